The van der Waals surface area contributed by atoms with Crippen LogP contribution in [0.25, 0.3) is 11.0 Å². The maximum absolute atomic E-state index is 16.4. The normalized spacial score (nSPS) is 18.6. The number of benzene rings is 1. The van der Waals surface area contributed by atoms with E-state index in [2.05, 4.69) is 35.0 Å². The number of esters is 1. The number of ether oxygens (including phenoxy) is 1. The number of alkyl halides is 5. The highest BCUT2D eigenvalue weighted by Crippen LogP contribution is 2.42. The summed E-state index contributed by atoms with van der Waals surface area (Å²) in [7, 11) is 1.01. The molecule has 1 aromatic carbocycles. The Labute approximate surface area is 252 Å². The number of carbonyl (C=O) groups is 3. The number of aromatic nitrogens is 4. The van der Waals surface area contributed by atoms with Gasteiger partial charge in [0.1, 0.15) is 29.8 Å². The molecular weight excluding hydrogens is 614 g/mol. The molecule has 4 atom stereocenters. The van der Waals surface area contributed by atoms with Crippen molar-refractivity contribution in [2.75, 3.05) is 13.8 Å². The molecule has 2 aromatic heterocycles. The van der Waals surface area contributed by atoms with E-state index >= 15 is 8.78 Å². The fourth-order valence-electron chi connectivity index (χ4n) is 5.35. The van der Waals surface area contributed by atoms with Crippen LogP contribution in [-0.2, 0) is 20.0 Å². The minimum atomic E-state index is -3.95. The van der Waals surface area contributed by atoms with Crippen LogP contribution >= 0.6 is 0 Å². The molecule has 1 fully saturated rings. The maximum Gasteiger partial charge on any atom is 0.328 e. The first kappa shape index (κ1) is 33.7. The Morgan fingerprint density at radius 3 is 2.40 bits per heavy atom. The van der Waals surface area contributed by atoms with Crippen LogP contribution in [0.4, 0.5) is 26.3 Å². The van der Waals surface area contributed by atoms with Crippen LogP contribution < -0.4 is 10.6 Å². The first-order valence-corrected chi connectivity index (χ1v) is 14.1. The van der Waals surface area contributed by atoms with Crippen molar-refractivity contribution in [2.45, 2.75) is 76.3 Å². The second-order valence-corrected chi connectivity index (χ2v) is 11.3. The van der Waals surface area contributed by atoms with Crippen molar-refractivity contribution >= 4 is 28.8 Å². The van der Waals surface area contributed by atoms with Gasteiger partial charge < -0.3 is 20.4 Å². The summed E-state index contributed by atoms with van der Waals surface area (Å²) in [6.07, 6.45) is -4.27. The van der Waals surface area contributed by atoms with Gasteiger partial charge in [0.2, 0.25) is 11.6 Å². The van der Waals surface area contributed by atoms with Crippen LogP contribution in [0, 0.1) is 24.6 Å². The maximum atomic E-state index is 16.4. The number of halogens is 6. The summed E-state index contributed by atoms with van der Waals surface area (Å²) in [5, 5.41) is 11.7. The molecule has 1 aliphatic carbocycles. The molecule has 246 valence electrons. The molecule has 45 heavy (non-hydrogen) atoms. The molecule has 0 saturated heterocycles. The number of carbonyl (C=O) groups excluding carboxylic acids is 3. The number of hydrogen-bond acceptors (Lipinski definition) is 8. The predicted molar refractivity (Wildman–Crippen MR) is 145 cm³/mol. The minimum Gasteiger partial charge on any atom is -0.467 e. The van der Waals surface area contributed by atoms with E-state index < -0.39 is 95.9 Å². The van der Waals surface area contributed by atoms with Crippen LogP contribution in [-0.4, -0.2) is 70.0 Å². The fourth-order valence-corrected chi connectivity index (χ4v) is 5.35. The van der Waals surface area contributed by atoms with Gasteiger partial charge >= 0.3 is 5.97 Å². The molecule has 2 unspecified atom stereocenters. The van der Waals surface area contributed by atoms with Crippen molar-refractivity contribution in [1.82, 2.24) is 30.9 Å². The molecule has 2 heterocycles. The highest BCUT2D eigenvalue weighted by atomic mass is 19.3. The van der Waals surface area contributed by atoms with Gasteiger partial charge in [0.05, 0.1) is 18.7 Å². The molecule has 11 nitrogen and oxygen atoms in total. The van der Waals surface area contributed by atoms with Crippen molar-refractivity contribution in [3.05, 3.63) is 40.7 Å². The van der Waals surface area contributed by atoms with Crippen LogP contribution in [0.1, 0.15) is 73.1 Å². The standard InChI is InChI=1S/C28H32F6N6O5/c1-12(2)19(25(42)44-4)38-26(43)28(34,17(30)11-29)15-5-6-16-22(18(15)31)36-23(35-16)21(14-7-9-27(32,33)10-8-14)37-24(41)20-13(3)39-45-40-20/h5-6,12,14,17,19,21H,7-11H2,1-4H3,(H,35,36)(H,37,41)(H,38,43)/t17?,19-,21+,28?/m1/s1. The van der Waals surface area contributed by atoms with E-state index in [1.807, 2.05) is 5.32 Å². The number of rotatable bonds is 11. The Hall–Kier alpha value is -4.18. The molecule has 3 N–H and O–H groups in total. The molecule has 4 rings (SSSR count). The summed E-state index contributed by atoms with van der Waals surface area (Å²) in [5.74, 6) is -9.44. The van der Waals surface area contributed by atoms with E-state index in [1.54, 1.807) is 0 Å². The van der Waals surface area contributed by atoms with Crippen LogP contribution in [0.3, 0.4) is 0 Å². The van der Waals surface area contributed by atoms with Crippen molar-refractivity contribution < 1.29 is 50.1 Å². The fraction of sp³-hybridized carbons (Fsp3) is 0.571. The number of amides is 2. The largest absolute Gasteiger partial charge is 0.467 e. The van der Waals surface area contributed by atoms with Crippen molar-refractivity contribution in [3.8, 4) is 0 Å². The van der Waals surface area contributed by atoms with Crippen LogP contribution in [0.5, 0.6) is 0 Å². The SMILES string of the molecule is COC(=O)[C@H](NC(=O)C(F)(c1ccc2[nH]c([C@@H](NC(=O)c3nonc3C)C3CCC(F)(F)CC3)nc2c1F)C(F)CF)C(C)C. The quantitative estimate of drug-likeness (QED) is 0.204. The van der Waals surface area contributed by atoms with E-state index in [9.17, 15) is 31.9 Å². The van der Waals surface area contributed by atoms with E-state index in [4.69, 9.17) is 0 Å². The van der Waals surface area contributed by atoms with Crippen LogP contribution in [0.2, 0.25) is 0 Å². The Kier molecular flexibility index (Phi) is 9.77. The van der Waals surface area contributed by atoms with Crippen molar-refractivity contribution in [3.63, 3.8) is 0 Å². The van der Waals surface area contributed by atoms with E-state index in [1.165, 1.54) is 20.8 Å². The third kappa shape index (κ3) is 6.61. The third-order valence-electron chi connectivity index (χ3n) is 7.99. The lowest BCUT2D eigenvalue weighted by atomic mass is 9.81. The lowest BCUT2D eigenvalue weighted by Crippen LogP contribution is -2.55. The summed E-state index contributed by atoms with van der Waals surface area (Å²) in [6.45, 7) is 2.38. The van der Waals surface area contributed by atoms with E-state index in [-0.39, 0.29) is 35.6 Å². The number of hydrogen-bond donors (Lipinski definition) is 3. The Morgan fingerprint density at radius 1 is 1.18 bits per heavy atom. The average Bonchev–Trinajstić information content (AvgIpc) is 3.64. The first-order valence-electron chi connectivity index (χ1n) is 14.1. The second kappa shape index (κ2) is 13.0. The number of nitrogens with zero attached hydrogens (tertiary/aromatic N) is 3. The van der Waals surface area contributed by atoms with Gasteiger partial charge in [0.15, 0.2) is 17.7 Å². The monoisotopic (exact) mass is 646 g/mol. The van der Waals surface area contributed by atoms with Crippen LogP contribution in [0.15, 0.2) is 16.8 Å². The van der Waals surface area contributed by atoms with Crippen molar-refractivity contribution in [1.29, 1.82) is 0 Å². The number of H-pyrrole nitrogens is 1. The number of imidazole rings is 1. The van der Waals surface area contributed by atoms with Gasteiger partial charge in [-0.2, -0.15) is 0 Å². The number of methoxy groups -OCH3 is 1. The molecule has 2 amide bonds. The van der Waals surface area contributed by atoms with Gasteiger partial charge in [-0.3, -0.25) is 9.59 Å². The molecule has 0 aliphatic heterocycles. The average molecular weight is 647 g/mol. The lowest BCUT2D eigenvalue weighted by molar-refractivity contribution is -0.150. The second-order valence-electron chi connectivity index (χ2n) is 11.3. The number of fused-ring (bicyclic) bond motifs is 1. The summed E-state index contributed by atoms with van der Waals surface area (Å²) in [6, 6.07) is -0.784. The molecule has 0 radical (unpaired) electrons. The number of nitrogens with one attached hydrogen (secondary N) is 3. The van der Waals surface area contributed by atoms with Gasteiger partial charge in [0.25, 0.3) is 11.8 Å². The summed E-state index contributed by atoms with van der Waals surface area (Å²) >= 11 is 0. The van der Waals surface area contributed by atoms with Gasteiger partial charge in [-0.15, -0.1) is 0 Å². The molecule has 0 bridgehead atoms. The van der Waals surface area contributed by atoms with Gasteiger partial charge in [-0.05, 0) is 48.9 Å². The van der Waals surface area contributed by atoms with E-state index in [0.29, 0.717) is 0 Å². The highest BCUT2D eigenvalue weighted by molar-refractivity contribution is 5.94. The predicted octanol–water partition coefficient (Wildman–Crippen LogP) is 4.48. The first-order chi connectivity index (χ1) is 21.1. The Morgan fingerprint density at radius 2 is 1.84 bits per heavy atom. The summed E-state index contributed by atoms with van der Waals surface area (Å²) < 4.78 is 98.0. The topological polar surface area (TPSA) is 152 Å². The highest BCUT2D eigenvalue weighted by Gasteiger charge is 2.52. The van der Waals surface area contributed by atoms with Gasteiger partial charge in [-0.25, -0.2) is 40.8 Å². The minimum absolute atomic E-state index is 0.0518. The smallest absolute Gasteiger partial charge is 0.328 e. The Bertz CT molecular complexity index is 1550. The van der Waals surface area contributed by atoms with Gasteiger partial charge in [-0.1, -0.05) is 19.0 Å². The summed E-state index contributed by atoms with van der Waals surface area (Å²) in [5.41, 5.74) is -5.89. The lowest BCUT2D eigenvalue weighted by Gasteiger charge is -2.33. The van der Waals surface area contributed by atoms with Crippen molar-refractivity contribution in [2.24, 2.45) is 11.8 Å². The molecule has 1 saturated carbocycles. The molecule has 0 spiro atoms. The summed E-state index contributed by atoms with van der Waals surface area (Å²) in [4.78, 5) is 45.2. The molecule has 17 heteroatoms. The molecular formula is C28H32F6N6O5. The zero-order valence-electron chi connectivity index (χ0n) is 24.7. The third-order valence-corrected chi connectivity index (χ3v) is 7.99. The van der Waals surface area contributed by atoms with Gasteiger partial charge in [0, 0.05) is 18.4 Å². The zero-order valence-corrected chi connectivity index (χ0v) is 24.7. The van der Waals surface area contributed by atoms with E-state index in [0.717, 1.165) is 19.2 Å². The number of aromatic amines is 1. The zero-order chi connectivity index (χ0) is 33.3. The Balaban J connectivity index is 1.76. The number of aryl methyl sites for hydroxylation is 1. The molecule has 3 aromatic rings. The molecule has 1 aliphatic rings.